The Morgan fingerprint density at radius 1 is 1.00 bits per heavy atom. The van der Waals surface area contributed by atoms with Crippen LogP contribution in [0.1, 0.15) is 45.1 Å². The zero-order valence-electron chi connectivity index (χ0n) is 14.4. The van der Waals surface area contributed by atoms with Gasteiger partial charge in [0.2, 0.25) is 5.76 Å². The van der Waals surface area contributed by atoms with Crippen LogP contribution in [0.2, 0.25) is 0 Å². The second kappa shape index (κ2) is 7.23. The van der Waals surface area contributed by atoms with Crippen LogP contribution in [0.3, 0.4) is 0 Å². The van der Waals surface area contributed by atoms with Gasteiger partial charge in [-0.3, -0.25) is 9.59 Å². The molecule has 0 atom stereocenters. The zero-order valence-corrected chi connectivity index (χ0v) is 14.4. The summed E-state index contributed by atoms with van der Waals surface area (Å²) >= 11 is 0. The van der Waals surface area contributed by atoms with Crippen molar-refractivity contribution < 1.29 is 23.5 Å². The highest BCUT2D eigenvalue weighted by molar-refractivity contribution is 6.13. The molecule has 3 rings (SSSR count). The number of para-hydroxylation sites is 1. The molecule has 1 aromatic heterocycles. The second-order valence-corrected chi connectivity index (χ2v) is 5.61. The molecule has 0 saturated carbocycles. The molecular weight excluding hydrogens is 334 g/mol. The fourth-order valence-corrected chi connectivity index (χ4v) is 2.55. The summed E-state index contributed by atoms with van der Waals surface area (Å²) in [5.41, 5.74) is 1.61. The summed E-state index contributed by atoms with van der Waals surface area (Å²) in [6.07, 6.45) is 0. The normalized spacial score (nSPS) is 10.5. The highest BCUT2D eigenvalue weighted by Gasteiger charge is 2.23. The number of benzene rings is 2. The predicted molar refractivity (Wildman–Crippen MR) is 96.6 cm³/mol. The fraction of sp³-hybridized carbons (Fsp3) is 0.150. The lowest BCUT2D eigenvalue weighted by molar-refractivity contribution is 0.0494. The fourth-order valence-electron chi connectivity index (χ4n) is 2.55. The van der Waals surface area contributed by atoms with Crippen LogP contribution in [0.5, 0.6) is 0 Å². The van der Waals surface area contributed by atoms with E-state index in [1.54, 1.807) is 55.5 Å². The van der Waals surface area contributed by atoms with Gasteiger partial charge in [0.15, 0.2) is 5.78 Å². The van der Waals surface area contributed by atoms with E-state index in [9.17, 15) is 14.4 Å². The Balaban J connectivity index is 1.96. The summed E-state index contributed by atoms with van der Waals surface area (Å²) < 4.78 is 10.6. The third-order valence-electron chi connectivity index (χ3n) is 3.85. The summed E-state index contributed by atoms with van der Waals surface area (Å²) in [5.74, 6) is -1.20. The zero-order chi connectivity index (χ0) is 18.7. The van der Waals surface area contributed by atoms with Gasteiger partial charge in [0.25, 0.3) is 5.91 Å². The van der Waals surface area contributed by atoms with Gasteiger partial charge in [-0.1, -0.05) is 24.3 Å². The molecule has 2 aromatic carbocycles. The minimum Gasteiger partial charge on any atom is -0.460 e. The number of rotatable bonds is 5. The van der Waals surface area contributed by atoms with Crippen LogP contribution in [-0.2, 0) is 4.74 Å². The largest absolute Gasteiger partial charge is 0.460 e. The summed E-state index contributed by atoms with van der Waals surface area (Å²) in [5, 5.41) is 3.32. The first-order valence-corrected chi connectivity index (χ1v) is 8.12. The molecule has 132 valence electrons. The smallest absolute Gasteiger partial charge is 0.376 e. The molecule has 1 N–H and O–H groups in total. The number of ether oxygens (including phenoxy) is 1. The molecule has 0 fully saturated rings. The maximum absolute atomic E-state index is 12.6. The SMILES string of the molecule is CCOC(=O)c1oc2ccccc2c1NC(=O)c1ccc(C(C)=O)cc1. The molecule has 1 amide bonds. The molecule has 1 heterocycles. The minimum absolute atomic E-state index is 0.0539. The lowest BCUT2D eigenvalue weighted by Gasteiger charge is -2.06. The topological polar surface area (TPSA) is 85.6 Å². The van der Waals surface area contributed by atoms with Crippen molar-refractivity contribution in [2.45, 2.75) is 13.8 Å². The van der Waals surface area contributed by atoms with E-state index in [1.165, 1.54) is 6.92 Å². The van der Waals surface area contributed by atoms with E-state index in [0.717, 1.165) is 0 Å². The molecular formula is C20H17NO5. The maximum Gasteiger partial charge on any atom is 0.376 e. The van der Waals surface area contributed by atoms with Gasteiger partial charge >= 0.3 is 5.97 Å². The Kier molecular flexibility index (Phi) is 4.84. The van der Waals surface area contributed by atoms with E-state index in [1.807, 2.05) is 0 Å². The highest BCUT2D eigenvalue weighted by Crippen LogP contribution is 2.31. The molecule has 0 aliphatic rings. The van der Waals surface area contributed by atoms with Gasteiger partial charge in [-0.15, -0.1) is 0 Å². The van der Waals surface area contributed by atoms with Gasteiger partial charge in [0.05, 0.1) is 6.61 Å². The molecule has 0 radical (unpaired) electrons. The average molecular weight is 351 g/mol. The number of Topliss-reactive ketones (excluding diaryl/α,β-unsaturated/α-hetero) is 1. The van der Waals surface area contributed by atoms with Crippen LogP contribution < -0.4 is 5.32 Å². The van der Waals surface area contributed by atoms with Crippen molar-refractivity contribution in [1.29, 1.82) is 0 Å². The quantitative estimate of drug-likeness (QED) is 0.553. The molecule has 0 bridgehead atoms. The number of ketones is 1. The number of nitrogens with one attached hydrogen (secondary N) is 1. The Labute approximate surface area is 149 Å². The number of furan rings is 1. The Hall–Kier alpha value is -3.41. The lowest BCUT2D eigenvalue weighted by atomic mass is 10.1. The van der Waals surface area contributed by atoms with Crippen molar-refractivity contribution in [3.8, 4) is 0 Å². The summed E-state index contributed by atoms with van der Waals surface area (Å²) in [6, 6.07) is 13.3. The summed E-state index contributed by atoms with van der Waals surface area (Å²) in [7, 11) is 0. The molecule has 3 aromatic rings. The monoisotopic (exact) mass is 351 g/mol. The molecule has 0 saturated heterocycles. The number of carbonyl (C=O) groups excluding carboxylic acids is 3. The van der Waals surface area contributed by atoms with Crippen LogP contribution in [0.15, 0.2) is 52.9 Å². The van der Waals surface area contributed by atoms with Crippen molar-refractivity contribution in [2.75, 3.05) is 11.9 Å². The molecule has 0 aliphatic heterocycles. The van der Waals surface area contributed by atoms with E-state index >= 15 is 0 Å². The van der Waals surface area contributed by atoms with E-state index in [-0.39, 0.29) is 23.8 Å². The molecule has 0 aliphatic carbocycles. The molecule has 6 heteroatoms. The number of hydrogen-bond donors (Lipinski definition) is 1. The molecule has 0 spiro atoms. The maximum atomic E-state index is 12.6. The first-order chi connectivity index (χ1) is 12.5. The standard InChI is InChI=1S/C20H17NO5/c1-3-25-20(24)18-17(15-6-4-5-7-16(15)26-18)21-19(23)14-10-8-13(9-11-14)12(2)22/h4-11H,3H2,1-2H3,(H,21,23). The Bertz CT molecular complexity index is 985. The van der Waals surface area contributed by atoms with Crippen molar-refractivity contribution in [3.63, 3.8) is 0 Å². The number of fused-ring (bicyclic) bond motifs is 1. The number of carbonyl (C=O) groups is 3. The minimum atomic E-state index is -0.647. The highest BCUT2D eigenvalue weighted by atomic mass is 16.5. The van der Waals surface area contributed by atoms with Gasteiger partial charge in [0.1, 0.15) is 11.3 Å². The van der Waals surface area contributed by atoms with Gasteiger partial charge in [0, 0.05) is 16.5 Å². The first-order valence-electron chi connectivity index (χ1n) is 8.12. The predicted octanol–water partition coefficient (Wildman–Crippen LogP) is 4.06. The molecule has 6 nitrogen and oxygen atoms in total. The molecule has 0 unspecified atom stereocenters. The van der Waals surface area contributed by atoms with Crippen LogP contribution in [-0.4, -0.2) is 24.3 Å². The van der Waals surface area contributed by atoms with E-state index < -0.39 is 11.9 Å². The van der Waals surface area contributed by atoms with Gasteiger partial charge in [-0.25, -0.2) is 4.79 Å². The van der Waals surface area contributed by atoms with Gasteiger partial charge in [-0.05, 0) is 38.1 Å². The Morgan fingerprint density at radius 3 is 2.31 bits per heavy atom. The number of anilines is 1. The van der Waals surface area contributed by atoms with Crippen LogP contribution in [0, 0.1) is 0 Å². The lowest BCUT2D eigenvalue weighted by Crippen LogP contribution is -2.15. The first kappa shape index (κ1) is 17.4. The third kappa shape index (κ3) is 3.35. The van der Waals surface area contributed by atoms with Crippen molar-refractivity contribution >= 4 is 34.3 Å². The summed E-state index contributed by atoms with van der Waals surface area (Å²) in [6.45, 7) is 3.34. The average Bonchev–Trinajstić information content (AvgIpc) is 3.01. The summed E-state index contributed by atoms with van der Waals surface area (Å²) in [4.78, 5) is 36.1. The Morgan fingerprint density at radius 2 is 1.65 bits per heavy atom. The van der Waals surface area contributed by atoms with Crippen LogP contribution >= 0.6 is 0 Å². The van der Waals surface area contributed by atoms with E-state index in [2.05, 4.69) is 5.32 Å². The van der Waals surface area contributed by atoms with E-state index in [4.69, 9.17) is 9.15 Å². The molecule has 26 heavy (non-hydrogen) atoms. The third-order valence-corrected chi connectivity index (χ3v) is 3.85. The number of esters is 1. The number of amides is 1. The van der Waals surface area contributed by atoms with Crippen molar-refractivity contribution in [1.82, 2.24) is 0 Å². The van der Waals surface area contributed by atoms with Crippen LogP contribution in [0.4, 0.5) is 5.69 Å². The van der Waals surface area contributed by atoms with E-state index in [0.29, 0.717) is 22.1 Å². The van der Waals surface area contributed by atoms with Crippen molar-refractivity contribution in [2.24, 2.45) is 0 Å². The second-order valence-electron chi connectivity index (χ2n) is 5.61. The van der Waals surface area contributed by atoms with Crippen LogP contribution in [0.25, 0.3) is 11.0 Å². The van der Waals surface area contributed by atoms with Gasteiger partial charge in [-0.2, -0.15) is 0 Å². The van der Waals surface area contributed by atoms with Crippen molar-refractivity contribution in [3.05, 3.63) is 65.4 Å². The van der Waals surface area contributed by atoms with Gasteiger partial charge < -0.3 is 14.5 Å². The number of hydrogen-bond acceptors (Lipinski definition) is 5.